The number of carbonyl (C=O) groups is 6. The highest BCUT2D eigenvalue weighted by Crippen LogP contribution is 2.16. The summed E-state index contributed by atoms with van der Waals surface area (Å²) >= 11 is 0. The van der Waals surface area contributed by atoms with Gasteiger partial charge in [0.25, 0.3) is 0 Å². The third-order valence-electron chi connectivity index (χ3n) is 8.21. The molecule has 14 nitrogen and oxygen atoms in total. The van der Waals surface area contributed by atoms with Gasteiger partial charge in [0, 0.05) is 13.5 Å². The molecule has 0 saturated heterocycles. The van der Waals surface area contributed by atoms with E-state index in [1.165, 1.54) is 14.2 Å². The number of alkyl carbamates (subject to hydrolysis) is 1. The molecule has 5 atom stereocenters. The van der Waals surface area contributed by atoms with E-state index < -0.39 is 78.3 Å². The van der Waals surface area contributed by atoms with Crippen molar-refractivity contribution >= 4 is 35.7 Å². The second-order valence-electron chi connectivity index (χ2n) is 13.2. The first-order valence-corrected chi connectivity index (χ1v) is 17.0. The highest BCUT2D eigenvalue weighted by Gasteiger charge is 2.36. The predicted molar refractivity (Wildman–Crippen MR) is 189 cm³/mol. The SMILES string of the molecule is COC(=O)[C@H](CC(C)C)NC(=O)C[C@H](O)[C@H](Cc1ccccc1)NC(=O)[C@H](CCC(N)=O)N(C)C(=O)[C@@H](NC(=O)OCc1ccccc1)C(C)C. The van der Waals surface area contributed by atoms with Crippen LogP contribution in [0.25, 0.3) is 0 Å². The van der Waals surface area contributed by atoms with Crippen molar-refractivity contribution in [1.29, 1.82) is 0 Å². The fourth-order valence-electron chi connectivity index (χ4n) is 5.40. The van der Waals surface area contributed by atoms with Gasteiger partial charge in [0.2, 0.25) is 23.6 Å². The van der Waals surface area contributed by atoms with Crippen LogP contribution in [0.3, 0.4) is 0 Å². The minimum absolute atomic E-state index is 0.0185. The summed E-state index contributed by atoms with van der Waals surface area (Å²) in [7, 11) is 2.59. The van der Waals surface area contributed by atoms with E-state index >= 15 is 0 Å². The molecule has 2 aromatic rings. The fourth-order valence-corrected chi connectivity index (χ4v) is 5.40. The monoisotopic (exact) mass is 711 g/mol. The standard InChI is InChI=1S/C37H53N5O9/c1-23(2)19-28(36(48)50-6)39-32(45)21-30(43)27(20-25-13-9-7-10-14-25)40-34(46)29(17-18-31(38)44)42(5)35(47)33(24(3)4)41-37(49)51-22-26-15-11-8-12-16-26/h7-16,23-24,27-30,33,43H,17-22H2,1-6H3,(H2,38,44)(H,39,45)(H,40,46)(H,41,49)/t27-,28-,29-,30-,33-/m0/s1. The first-order chi connectivity index (χ1) is 24.1. The van der Waals surface area contributed by atoms with Crippen LogP contribution in [-0.2, 0) is 46.5 Å². The smallest absolute Gasteiger partial charge is 0.408 e. The van der Waals surface area contributed by atoms with E-state index in [0.717, 1.165) is 16.0 Å². The van der Waals surface area contributed by atoms with Crippen LogP contribution < -0.4 is 21.7 Å². The van der Waals surface area contributed by atoms with Gasteiger partial charge in [-0.15, -0.1) is 0 Å². The summed E-state index contributed by atoms with van der Waals surface area (Å²) in [5.74, 6) is -3.64. The number of hydrogen-bond acceptors (Lipinski definition) is 9. The van der Waals surface area contributed by atoms with Gasteiger partial charge >= 0.3 is 12.1 Å². The highest BCUT2D eigenvalue weighted by atomic mass is 16.5. The summed E-state index contributed by atoms with van der Waals surface area (Å²) in [4.78, 5) is 78.7. The first kappa shape index (κ1) is 42.2. The van der Waals surface area contributed by atoms with Crippen molar-refractivity contribution in [3.63, 3.8) is 0 Å². The van der Waals surface area contributed by atoms with Gasteiger partial charge in [0.1, 0.15) is 24.7 Å². The molecule has 2 aromatic carbocycles. The van der Waals surface area contributed by atoms with Crippen LogP contribution in [0.1, 0.15) is 64.5 Å². The maximum absolute atomic E-state index is 14.0. The van der Waals surface area contributed by atoms with Crippen molar-refractivity contribution in [3.05, 3.63) is 71.8 Å². The van der Waals surface area contributed by atoms with Gasteiger partial charge in [-0.05, 0) is 42.2 Å². The number of benzene rings is 2. The molecular weight excluding hydrogens is 658 g/mol. The van der Waals surface area contributed by atoms with Crippen LogP contribution in [0.4, 0.5) is 4.79 Å². The Kier molecular flexibility index (Phi) is 17.6. The van der Waals surface area contributed by atoms with Gasteiger partial charge in [0.15, 0.2) is 0 Å². The van der Waals surface area contributed by atoms with E-state index in [0.29, 0.717) is 6.42 Å². The summed E-state index contributed by atoms with van der Waals surface area (Å²) in [5, 5.41) is 19.3. The summed E-state index contributed by atoms with van der Waals surface area (Å²) in [5.41, 5.74) is 6.91. The van der Waals surface area contributed by atoms with Gasteiger partial charge in [-0.2, -0.15) is 0 Å². The number of primary amides is 1. The summed E-state index contributed by atoms with van der Waals surface area (Å²) in [6.07, 6.45) is -2.69. The average Bonchev–Trinajstić information content (AvgIpc) is 3.08. The summed E-state index contributed by atoms with van der Waals surface area (Å²) in [6.45, 7) is 7.19. The number of likely N-dealkylation sites (N-methyl/N-ethyl adjacent to an activating group) is 1. The Morgan fingerprint density at radius 1 is 0.863 bits per heavy atom. The highest BCUT2D eigenvalue weighted by molar-refractivity contribution is 5.92. The molecule has 6 N–H and O–H groups in total. The lowest BCUT2D eigenvalue weighted by molar-refractivity contribution is -0.146. The molecule has 0 saturated carbocycles. The summed E-state index contributed by atoms with van der Waals surface area (Å²) in [6, 6.07) is 13.7. The number of aliphatic hydroxyl groups excluding tert-OH is 1. The molecule has 0 radical (unpaired) electrons. The Hall–Kier alpha value is -4.98. The fraction of sp³-hybridized carbons (Fsp3) is 0.514. The number of hydrogen-bond donors (Lipinski definition) is 5. The molecule has 51 heavy (non-hydrogen) atoms. The van der Waals surface area contributed by atoms with E-state index in [1.54, 1.807) is 68.4 Å². The molecule has 0 bridgehead atoms. The van der Waals surface area contributed by atoms with E-state index in [-0.39, 0.29) is 31.8 Å². The largest absolute Gasteiger partial charge is 0.467 e. The van der Waals surface area contributed by atoms with E-state index in [9.17, 15) is 33.9 Å². The second-order valence-corrected chi connectivity index (χ2v) is 13.2. The molecule has 0 aliphatic heterocycles. The Bertz CT molecular complexity index is 1440. The number of aliphatic hydroxyl groups is 1. The van der Waals surface area contributed by atoms with E-state index in [1.807, 2.05) is 19.9 Å². The number of rotatable bonds is 20. The van der Waals surface area contributed by atoms with Crippen LogP contribution in [-0.4, -0.2) is 90.1 Å². The van der Waals surface area contributed by atoms with Crippen molar-refractivity contribution in [1.82, 2.24) is 20.9 Å². The van der Waals surface area contributed by atoms with Crippen LogP contribution in [0.15, 0.2) is 60.7 Å². The van der Waals surface area contributed by atoms with E-state index in [4.69, 9.17) is 15.2 Å². The number of carbonyl (C=O) groups excluding carboxylic acids is 6. The van der Waals surface area contributed by atoms with Gasteiger partial charge in [-0.25, -0.2) is 9.59 Å². The molecule has 5 amide bonds. The van der Waals surface area contributed by atoms with E-state index in [2.05, 4.69) is 16.0 Å². The van der Waals surface area contributed by atoms with Gasteiger partial charge in [-0.1, -0.05) is 88.4 Å². The first-order valence-electron chi connectivity index (χ1n) is 17.0. The zero-order chi connectivity index (χ0) is 38.1. The van der Waals surface area contributed by atoms with Gasteiger partial charge in [-0.3, -0.25) is 19.2 Å². The average molecular weight is 712 g/mol. The predicted octanol–water partition coefficient (Wildman–Crippen LogP) is 2.21. The molecule has 0 aromatic heterocycles. The summed E-state index contributed by atoms with van der Waals surface area (Å²) < 4.78 is 10.1. The number of nitrogens with zero attached hydrogens (tertiary/aromatic N) is 1. The molecule has 0 spiro atoms. The van der Waals surface area contributed by atoms with Crippen LogP contribution in [0, 0.1) is 11.8 Å². The Morgan fingerprint density at radius 3 is 1.98 bits per heavy atom. The molecule has 2 rings (SSSR count). The van der Waals surface area contributed by atoms with Crippen molar-refractivity contribution in [2.24, 2.45) is 17.6 Å². The number of nitrogens with two attached hydrogens (primary N) is 1. The molecule has 0 heterocycles. The molecule has 14 heteroatoms. The Morgan fingerprint density at radius 2 is 1.45 bits per heavy atom. The van der Waals surface area contributed by atoms with Crippen molar-refractivity contribution < 1.29 is 43.3 Å². The third kappa shape index (κ3) is 14.8. The molecule has 0 unspecified atom stereocenters. The maximum Gasteiger partial charge on any atom is 0.408 e. The zero-order valence-electron chi connectivity index (χ0n) is 30.3. The van der Waals surface area contributed by atoms with Gasteiger partial charge in [0.05, 0.1) is 25.7 Å². The Labute approximate surface area is 299 Å². The number of ether oxygens (including phenoxy) is 2. The topological polar surface area (TPSA) is 206 Å². The lowest BCUT2D eigenvalue weighted by Gasteiger charge is -2.34. The lowest BCUT2D eigenvalue weighted by Crippen LogP contribution is -2.58. The molecule has 0 aliphatic rings. The number of esters is 1. The van der Waals surface area contributed by atoms with Crippen molar-refractivity contribution in [2.75, 3.05) is 14.2 Å². The number of methoxy groups -OCH3 is 1. The van der Waals surface area contributed by atoms with Crippen LogP contribution in [0.5, 0.6) is 0 Å². The van der Waals surface area contributed by atoms with Gasteiger partial charge < -0.3 is 41.2 Å². The quantitative estimate of drug-likeness (QED) is 0.128. The second kappa shape index (κ2) is 21.3. The number of nitrogens with one attached hydrogen (secondary N) is 3. The zero-order valence-corrected chi connectivity index (χ0v) is 30.3. The molecule has 280 valence electrons. The lowest BCUT2D eigenvalue weighted by atomic mass is 9.97. The third-order valence-corrected chi connectivity index (χ3v) is 8.21. The van der Waals surface area contributed by atoms with Crippen molar-refractivity contribution in [2.45, 2.75) is 96.7 Å². The molecular formula is C37H53N5O9. The molecule has 0 fully saturated rings. The Balaban J connectivity index is 2.28. The van der Waals surface area contributed by atoms with Crippen LogP contribution >= 0.6 is 0 Å². The minimum Gasteiger partial charge on any atom is -0.467 e. The van der Waals surface area contributed by atoms with Crippen molar-refractivity contribution in [3.8, 4) is 0 Å². The molecule has 0 aliphatic carbocycles. The number of amides is 5. The van der Waals surface area contributed by atoms with Crippen LogP contribution in [0.2, 0.25) is 0 Å². The normalized spacial score (nSPS) is 14.0. The maximum atomic E-state index is 14.0. The minimum atomic E-state index is -1.42.